The summed E-state index contributed by atoms with van der Waals surface area (Å²) in [5.74, 6) is -0.733. The van der Waals surface area contributed by atoms with E-state index in [-0.39, 0.29) is 11.8 Å². The van der Waals surface area contributed by atoms with Gasteiger partial charge in [0.15, 0.2) is 0 Å². The Bertz CT molecular complexity index is 532. The SMILES string of the molecule is O=C(O)[C@@H]1C[C@H]1c1c[nH]c2ncccc12. The highest BCUT2D eigenvalue weighted by molar-refractivity contribution is 5.83. The van der Waals surface area contributed by atoms with E-state index in [1.165, 1.54) is 0 Å². The lowest BCUT2D eigenvalue weighted by molar-refractivity contribution is -0.138. The topological polar surface area (TPSA) is 66.0 Å². The summed E-state index contributed by atoms with van der Waals surface area (Å²) in [6, 6.07) is 3.85. The van der Waals surface area contributed by atoms with Crippen LogP contribution in [0.4, 0.5) is 0 Å². The largest absolute Gasteiger partial charge is 0.481 e. The molecule has 1 aliphatic rings. The van der Waals surface area contributed by atoms with Crippen LogP contribution in [0.25, 0.3) is 11.0 Å². The Labute approximate surface area is 86.0 Å². The first kappa shape index (κ1) is 8.47. The summed E-state index contributed by atoms with van der Waals surface area (Å²) < 4.78 is 0. The highest BCUT2D eigenvalue weighted by atomic mass is 16.4. The minimum absolute atomic E-state index is 0.167. The van der Waals surface area contributed by atoms with Gasteiger partial charge in [0.25, 0.3) is 0 Å². The molecule has 0 saturated heterocycles. The van der Waals surface area contributed by atoms with Gasteiger partial charge in [-0.25, -0.2) is 4.98 Å². The van der Waals surface area contributed by atoms with E-state index in [1.54, 1.807) is 6.20 Å². The highest BCUT2D eigenvalue weighted by Gasteiger charge is 2.45. The molecule has 0 bridgehead atoms. The fourth-order valence-electron chi connectivity index (χ4n) is 2.10. The van der Waals surface area contributed by atoms with Crippen molar-refractivity contribution in [2.45, 2.75) is 12.3 Å². The number of fused-ring (bicyclic) bond motifs is 1. The number of hydrogen-bond acceptors (Lipinski definition) is 2. The number of aromatic amines is 1. The summed E-state index contributed by atoms with van der Waals surface area (Å²) >= 11 is 0. The number of H-pyrrole nitrogens is 1. The second kappa shape index (κ2) is 2.82. The minimum atomic E-state index is -0.696. The van der Waals surface area contributed by atoms with Crippen molar-refractivity contribution in [1.82, 2.24) is 9.97 Å². The Morgan fingerprint density at radius 1 is 1.60 bits per heavy atom. The van der Waals surface area contributed by atoms with Crippen LogP contribution in [0, 0.1) is 5.92 Å². The van der Waals surface area contributed by atoms with Crippen LogP contribution in [0.3, 0.4) is 0 Å². The zero-order valence-corrected chi connectivity index (χ0v) is 7.97. The average Bonchev–Trinajstić information content (AvgIpc) is 2.92. The van der Waals surface area contributed by atoms with Crippen molar-refractivity contribution in [3.8, 4) is 0 Å². The van der Waals surface area contributed by atoms with Gasteiger partial charge in [-0.05, 0) is 24.1 Å². The lowest BCUT2D eigenvalue weighted by Gasteiger charge is -1.94. The number of aromatic nitrogens is 2. The molecule has 3 rings (SSSR count). The van der Waals surface area contributed by atoms with Crippen LogP contribution in [-0.2, 0) is 4.79 Å². The molecule has 4 nitrogen and oxygen atoms in total. The van der Waals surface area contributed by atoms with Crippen molar-refractivity contribution >= 4 is 17.0 Å². The molecule has 76 valence electrons. The first-order chi connectivity index (χ1) is 7.27. The van der Waals surface area contributed by atoms with Gasteiger partial charge >= 0.3 is 5.97 Å². The van der Waals surface area contributed by atoms with E-state index >= 15 is 0 Å². The standard InChI is InChI=1S/C11H10N2O2/c14-11(15)8-4-7(8)9-5-13-10-6(9)2-1-3-12-10/h1-3,5,7-8H,4H2,(H,12,13)(H,14,15)/t7-,8-/m1/s1. The van der Waals surface area contributed by atoms with Gasteiger partial charge in [0.05, 0.1) is 5.92 Å². The second-order valence-electron chi connectivity index (χ2n) is 3.93. The Hall–Kier alpha value is -1.84. The maximum atomic E-state index is 10.8. The van der Waals surface area contributed by atoms with Gasteiger partial charge in [-0.3, -0.25) is 4.79 Å². The summed E-state index contributed by atoms with van der Waals surface area (Å²) in [4.78, 5) is 18.0. The Balaban J connectivity index is 2.03. The molecule has 4 heteroatoms. The molecule has 2 N–H and O–H groups in total. The third-order valence-corrected chi connectivity index (χ3v) is 2.99. The summed E-state index contributed by atoms with van der Waals surface area (Å²) in [5, 5.41) is 9.92. The van der Waals surface area contributed by atoms with Gasteiger partial charge < -0.3 is 10.1 Å². The van der Waals surface area contributed by atoms with Gasteiger partial charge in [-0.1, -0.05) is 0 Å². The fraction of sp³-hybridized carbons (Fsp3) is 0.273. The first-order valence-corrected chi connectivity index (χ1v) is 4.92. The van der Waals surface area contributed by atoms with Crippen molar-refractivity contribution in [3.63, 3.8) is 0 Å². The Kier molecular flexibility index (Phi) is 1.59. The number of carboxylic acid groups (broad SMARTS) is 1. The predicted molar refractivity (Wildman–Crippen MR) is 54.6 cm³/mol. The maximum Gasteiger partial charge on any atom is 0.307 e. The van der Waals surface area contributed by atoms with Crippen LogP contribution in [0.1, 0.15) is 17.9 Å². The number of nitrogens with zero attached hydrogens (tertiary/aromatic N) is 1. The van der Waals surface area contributed by atoms with Crippen molar-refractivity contribution in [3.05, 3.63) is 30.1 Å². The molecule has 2 aromatic rings. The molecule has 0 aliphatic heterocycles. The smallest absolute Gasteiger partial charge is 0.307 e. The lowest BCUT2D eigenvalue weighted by atomic mass is 10.1. The van der Waals surface area contributed by atoms with Crippen LogP contribution in [0.2, 0.25) is 0 Å². The molecular weight excluding hydrogens is 192 g/mol. The molecular formula is C11H10N2O2. The van der Waals surface area contributed by atoms with Crippen LogP contribution in [0.5, 0.6) is 0 Å². The molecule has 0 amide bonds. The highest BCUT2D eigenvalue weighted by Crippen LogP contribution is 2.49. The number of aliphatic carboxylic acids is 1. The van der Waals surface area contributed by atoms with Gasteiger partial charge in [-0.15, -0.1) is 0 Å². The van der Waals surface area contributed by atoms with Crippen molar-refractivity contribution in [2.75, 3.05) is 0 Å². The number of hydrogen-bond donors (Lipinski definition) is 2. The second-order valence-corrected chi connectivity index (χ2v) is 3.93. The third kappa shape index (κ3) is 1.21. The van der Waals surface area contributed by atoms with Crippen LogP contribution in [0.15, 0.2) is 24.5 Å². The average molecular weight is 202 g/mol. The fourth-order valence-corrected chi connectivity index (χ4v) is 2.10. The zero-order valence-electron chi connectivity index (χ0n) is 7.97. The molecule has 2 atom stereocenters. The molecule has 0 aromatic carbocycles. The Morgan fingerprint density at radius 3 is 3.20 bits per heavy atom. The molecule has 0 unspecified atom stereocenters. The van der Waals surface area contributed by atoms with Gasteiger partial charge in [-0.2, -0.15) is 0 Å². The Morgan fingerprint density at radius 2 is 2.47 bits per heavy atom. The quantitative estimate of drug-likeness (QED) is 0.779. The van der Waals surface area contributed by atoms with Crippen LogP contribution < -0.4 is 0 Å². The summed E-state index contributed by atoms with van der Waals surface area (Å²) in [5.41, 5.74) is 1.93. The summed E-state index contributed by atoms with van der Waals surface area (Å²) in [6.07, 6.45) is 4.35. The van der Waals surface area contributed by atoms with E-state index in [1.807, 2.05) is 18.3 Å². The van der Waals surface area contributed by atoms with Crippen molar-refractivity contribution in [1.29, 1.82) is 0 Å². The molecule has 1 aliphatic carbocycles. The molecule has 0 radical (unpaired) electrons. The summed E-state index contributed by atoms with van der Waals surface area (Å²) in [7, 11) is 0. The maximum absolute atomic E-state index is 10.8. The zero-order chi connectivity index (χ0) is 10.4. The van der Waals surface area contributed by atoms with E-state index in [2.05, 4.69) is 9.97 Å². The molecule has 15 heavy (non-hydrogen) atoms. The minimum Gasteiger partial charge on any atom is -0.481 e. The normalized spacial score (nSPS) is 24.3. The molecule has 1 saturated carbocycles. The molecule has 0 spiro atoms. The van der Waals surface area contributed by atoms with Crippen molar-refractivity contribution in [2.24, 2.45) is 5.92 Å². The lowest BCUT2D eigenvalue weighted by Crippen LogP contribution is -1.98. The van der Waals surface area contributed by atoms with E-state index < -0.39 is 5.97 Å². The number of pyridine rings is 1. The van der Waals surface area contributed by atoms with E-state index in [0.29, 0.717) is 0 Å². The van der Waals surface area contributed by atoms with Crippen LogP contribution in [-0.4, -0.2) is 21.0 Å². The monoisotopic (exact) mass is 202 g/mol. The molecule has 2 aromatic heterocycles. The van der Waals surface area contributed by atoms with Crippen molar-refractivity contribution < 1.29 is 9.90 Å². The number of carboxylic acids is 1. The summed E-state index contributed by atoms with van der Waals surface area (Å²) in [6.45, 7) is 0. The van der Waals surface area contributed by atoms with E-state index in [9.17, 15) is 4.79 Å². The van der Waals surface area contributed by atoms with Crippen LogP contribution >= 0.6 is 0 Å². The number of carbonyl (C=O) groups is 1. The van der Waals surface area contributed by atoms with Gasteiger partial charge in [0.1, 0.15) is 5.65 Å². The first-order valence-electron chi connectivity index (χ1n) is 4.92. The van der Waals surface area contributed by atoms with Gasteiger partial charge in [0.2, 0.25) is 0 Å². The molecule has 1 fully saturated rings. The number of rotatable bonds is 2. The molecule has 2 heterocycles. The third-order valence-electron chi connectivity index (χ3n) is 2.99. The predicted octanol–water partition coefficient (Wildman–Crippen LogP) is 1.75. The van der Waals surface area contributed by atoms with Gasteiger partial charge in [0, 0.05) is 23.7 Å². The van der Waals surface area contributed by atoms with E-state index in [4.69, 9.17) is 5.11 Å². The van der Waals surface area contributed by atoms with E-state index in [0.717, 1.165) is 23.0 Å². The number of nitrogens with one attached hydrogen (secondary N) is 1.